The second-order valence-electron chi connectivity index (χ2n) is 9.71. The summed E-state index contributed by atoms with van der Waals surface area (Å²) in [5.41, 5.74) is 6.56. The summed E-state index contributed by atoms with van der Waals surface area (Å²) in [7, 11) is 0. The maximum Gasteiger partial charge on any atom is 0.320 e. The Hall–Kier alpha value is -2.65. The van der Waals surface area contributed by atoms with Gasteiger partial charge in [0.25, 0.3) is 0 Å². The third kappa shape index (κ3) is 4.40. The van der Waals surface area contributed by atoms with Gasteiger partial charge in [-0.05, 0) is 53.6 Å². The van der Waals surface area contributed by atoms with Gasteiger partial charge in [0.15, 0.2) is 0 Å². The van der Waals surface area contributed by atoms with Gasteiger partial charge in [0, 0.05) is 56.1 Å². The highest BCUT2D eigenvalue weighted by Gasteiger charge is 2.31. The molecule has 2 saturated heterocycles. The number of benzene rings is 1. The summed E-state index contributed by atoms with van der Waals surface area (Å²) in [6.07, 6.45) is 5.45. The maximum absolute atomic E-state index is 13.3. The third-order valence-corrected chi connectivity index (χ3v) is 7.81. The van der Waals surface area contributed by atoms with E-state index in [9.17, 15) is 9.90 Å². The fourth-order valence-electron chi connectivity index (χ4n) is 5.49. The average molecular weight is 496 g/mol. The van der Waals surface area contributed by atoms with Gasteiger partial charge >= 0.3 is 6.03 Å². The smallest absolute Gasteiger partial charge is 0.320 e. The fourth-order valence-corrected chi connectivity index (χ4v) is 5.69. The lowest BCUT2D eigenvalue weighted by Crippen LogP contribution is -2.49. The predicted molar refractivity (Wildman–Crippen MR) is 134 cm³/mol. The molecule has 5 heterocycles. The van der Waals surface area contributed by atoms with Crippen LogP contribution in [0.2, 0.25) is 5.02 Å². The standard InChI is InChI=1S/C26H30ClN5O3/c27-23-13-30-25-21(23)11-18(12-29-25)17-9-16-1-5-32(26(34)31-6-2-19(33)3-7-31)14-22(16)20(10-17)24-15-35-8-4-28-24/h9-13,19,24,28,33H,1-8,14-15H2,(H,29,30). The number of likely N-dealkylation sites (tertiary alicyclic amines) is 1. The number of carbonyl (C=O) groups is 1. The third-order valence-electron chi connectivity index (χ3n) is 7.49. The predicted octanol–water partition coefficient (Wildman–Crippen LogP) is 3.48. The molecule has 1 unspecified atom stereocenters. The van der Waals surface area contributed by atoms with Crippen molar-refractivity contribution < 1.29 is 14.6 Å². The number of aliphatic hydroxyl groups excluding tert-OH is 1. The van der Waals surface area contributed by atoms with Crippen LogP contribution in [0.3, 0.4) is 0 Å². The Balaban J connectivity index is 1.35. The molecule has 3 aromatic rings. The molecule has 0 bridgehead atoms. The lowest BCUT2D eigenvalue weighted by molar-refractivity contribution is 0.0749. The van der Waals surface area contributed by atoms with E-state index in [0.29, 0.717) is 57.3 Å². The van der Waals surface area contributed by atoms with Crippen LogP contribution in [-0.4, -0.2) is 76.4 Å². The van der Waals surface area contributed by atoms with E-state index in [1.165, 1.54) is 16.7 Å². The Morgan fingerprint density at radius 2 is 2.00 bits per heavy atom. The highest BCUT2D eigenvalue weighted by molar-refractivity contribution is 6.35. The van der Waals surface area contributed by atoms with Gasteiger partial charge < -0.3 is 29.9 Å². The van der Waals surface area contributed by atoms with Gasteiger partial charge in [-0.2, -0.15) is 0 Å². The van der Waals surface area contributed by atoms with Gasteiger partial charge in [-0.25, -0.2) is 9.78 Å². The molecule has 9 heteroatoms. The average Bonchev–Trinajstić information content (AvgIpc) is 3.28. The number of fused-ring (bicyclic) bond motifs is 2. The van der Waals surface area contributed by atoms with Crippen molar-refractivity contribution in [2.75, 3.05) is 39.4 Å². The molecule has 1 atom stereocenters. The molecule has 8 nitrogen and oxygen atoms in total. The van der Waals surface area contributed by atoms with Gasteiger partial charge in [0.05, 0.1) is 30.4 Å². The zero-order valence-corrected chi connectivity index (χ0v) is 20.4. The minimum absolute atomic E-state index is 0.0715. The molecule has 0 spiro atoms. The quantitative estimate of drug-likeness (QED) is 0.506. The summed E-state index contributed by atoms with van der Waals surface area (Å²) in [5, 5.41) is 15.0. The van der Waals surface area contributed by atoms with E-state index in [4.69, 9.17) is 16.3 Å². The van der Waals surface area contributed by atoms with Crippen LogP contribution in [0.5, 0.6) is 0 Å². The number of aromatic amines is 1. The zero-order chi connectivity index (χ0) is 23.9. The molecule has 6 rings (SSSR count). The van der Waals surface area contributed by atoms with Crippen molar-refractivity contribution in [1.82, 2.24) is 25.1 Å². The number of aromatic nitrogens is 2. The van der Waals surface area contributed by atoms with E-state index in [-0.39, 0.29) is 18.2 Å². The van der Waals surface area contributed by atoms with Crippen LogP contribution in [-0.2, 0) is 17.7 Å². The lowest BCUT2D eigenvalue weighted by atomic mass is 9.87. The van der Waals surface area contributed by atoms with Crippen LogP contribution >= 0.6 is 11.6 Å². The van der Waals surface area contributed by atoms with Gasteiger partial charge in [-0.3, -0.25) is 0 Å². The molecule has 3 N–H and O–H groups in total. The van der Waals surface area contributed by atoms with Crippen LogP contribution < -0.4 is 5.32 Å². The maximum atomic E-state index is 13.3. The summed E-state index contributed by atoms with van der Waals surface area (Å²) in [6.45, 7) is 4.61. The van der Waals surface area contributed by atoms with Crippen LogP contribution in [0.15, 0.2) is 30.6 Å². The molecule has 2 amide bonds. The number of aliphatic hydroxyl groups is 1. The van der Waals surface area contributed by atoms with E-state index in [0.717, 1.165) is 35.1 Å². The Labute approximate surface area is 209 Å². The van der Waals surface area contributed by atoms with Crippen molar-refractivity contribution in [3.05, 3.63) is 52.3 Å². The first kappa shape index (κ1) is 22.8. The largest absolute Gasteiger partial charge is 0.393 e. The first-order chi connectivity index (χ1) is 17.1. The van der Waals surface area contributed by atoms with Crippen molar-refractivity contribution in [2.24, 2.45) is 0 Å². The molecule has 2 fully saturated rings. The fraction of sp³-hybridized carbons (Fsp3) is 0.462. The molecule has 3 aliphatic rings. The van der Waals surface area contributed by atoms with E-state index in [2.05, 4.69) is 33.5 Å². The molecule has 0 aliphatic carbocycles. The van der Waals surface area contributed by atoms with Crippen LogP contribution in [0.1, 0.15) is 35.6 Å². The van der Waals surface area contributed by atoms with Crippen LogP contribution in [0, 0.1) is 0 Å². The first-order valence-corrected chi connectivity index (χ1v) is 12.8. The number of hydrogen-bond acceptors (Lipinski definition) is 5. The number of halogens is 1. The van der Waals surface area contributed by atoms with E-state index in [1.54, 1.807) is 6.20 Å². The summed E-state index contributed by atoms with van der Waals surface area (Å²) in [5.74, 6) is 0. The second-order valence-corrected chi connectivity index (χ2v) is 10.1. The molecule has 3 aliphatic heterocycles. The van der Waals surface area contributed by atoms with Gasteiger partial charge in [0.2, 0.25) is 0 Å². The minimum Gasteiger partial charge on any atom is -0.393 e. The highest BCUT2D eigenvalue weighted by atomic mass is 35.5. The molecule has 0 radical (unpaired) electrons. The molecule has 184 valence electrons. The van der Waals surface area contributed by atoms with Gasteiger partial charge in [-0.15, -0.1) is 0 Å². The minimum atomic E-state index is -0.293. The van der Waals surface area contributed by atoms with Crippen LogP contribution in [0.4, 0.5) is 4.79 Å². The van der Waals surface area contributed by atoms with Gasteiger partial charge in [-0.1, -0.05) is 17.7 Å². The van der Waals surface area contributed by atoms with Crippen molar-refractivity contribution in [3.8, 4) is 11.1 Å². The van der Waals surface area contributed by atoms with Crippen LogP contribution in [0.25, 0.3) is 22.2 Å². The summed E-state index contributed by atoms with van der Waals surface area (Å²) >= 11 is 6.37. The summed E-state index contributed by atoms with van der Waals surface area (Å²) in [4.78, 5) is 24.8. The van der Waals surface area contributed by atoms with Crippen molar-refractivity contribution in [3.63, 3.8) is 0 Å². The number of amides is 2. The van der Waals surface area contributed by atoms with E-state index in [1.807, 2.05) is 16.0 Å². The number of morpholine rings is 1. The first-order valence-electron chi connectivity index (χ1n) is 12.4. The van der Waals surface area contributed by atoms with Gasteiger partial charge in [0.1, 0.15) is 5.65 Å². The Morgan fingerprint density at radius 1 is 1.14 bits per heavy atom. The number of carbonyl (C=O) groups excluding carboxylic acids is 1. The topological polar surface area (TPSA) is 93.7 Å². The molecular formula is C26H30ClN5O3. The Kier molecular flexibility index (Phi) is 6.14. The number of hydrogen-bond donors (Lipinski definition) is 3. The molecule has 35 heavy (non-hydrogen) atoms. The van der Waals surface area contributed by atoms with E-state index >= 15 is 0 Å². The SMILES string of the molecule is O=C(N1CCC(O)CC1)N1CCc2cc(-c3cnc4[nH]cc(Cl)c4c3)cc(C3COCCN3)c2C1. The summed E-state index contributed by atoms with van der Waals surface area (Å²) in [6, 6.07) is 6.69. The number of ether oxygens (including phenoxy) is 1. The highest BCUT2D eigenvalue weighted by Crippen LogP contribution is 2.35. The number of pyridine rings is 1. The van der Waals surface area contributed by atoms with E-state index < -0.39 is 0 Å². The van der Waals surface area contributed by atoms with Crippen molar-refractivity contribution in [1.29, 1.82) is 0 Å². The number of piperidine rings is 1. The molecule has 0 saturated carbocycles. The second kappa shape index (κ2) is 9.43. The van der Waals surface area contributed by atoms with Crippen molar-refractivity contribution >= 4 is 28.7 Å². The zero-order valence-electron chi connectivity index (χ0n) is 19.6. The summed E-state index contributed by atoms with van der Waals surface area (Å²) < 4.78 is 5.81. The number of urea groups is 1. The number of nitrogens with one attached hydrogen (secondary N) is 2. The molecular weight excluding hydrogens is 466 g/mol. The monoisotopic (exact) mass is 495 g/mol. The molecule has 2 aromatic heterocycles. The Morgan fingerprint density at radius 3 is 2.80 bits per heavy atom. The lowest BCUT2D eigenvalue weighted by Gasteiger charge is -2.38. The number of nitrogens with zero attached hydrogens (tertiary/aromatic N) is 3. The van der Waals surface area contributed by atoms with Crippen molar-refractivity contribution in [2.45, 2.75) is 38.0 Å². The Bertz CT molecular complexity index is 1250. The number of H-pyrrole nitrogens is 1. The normalized spacial score (nSPS) is 21.4. The number of rotatable bonds is 2. The molecule has 1 aromatic carbocycles.